The normalized spacial score (nSPS) is 17.3. The molecular formula is C21H18N4O. The summed E-state index contributed by atoms with van der Waals surface area (Å²) < 4.78 is 5.61. The van der Waals surface area contributed by atoms with Crippen LogP contribution in [0.3, 0.4) is 0 Å². The fraction of sp³-hybridized carbons (Fsp3) is 0.190. The van der Waals surface area contributed by atoms with Crippen molar-refractivity contribution in [1.29, 1.82) is 0 Å². The van der Waals surface area contributed by atoms with E-state index < -0.39 is 0 Å². The number of rotatable bonds is 2. The molecule has 1 aliphatic heterocycles. The Hall–Kier alpha value is -3.05. The highest BCUT2D eigenvalue weighted by Gasteiger charge is 2.25. The van der Waals surface area contributed by atoms with Crippen LogP contribution in [0.1, 0.15) is 22.6 Å². The Morgan fingerprint density at radius 3 is 2.81 bits per heavy atom. The lowest BCUT2D eigenvalue weighted by Crippen LogP contribution is -2.31. The van der Waals surface area contributed by atoms with Gasteiger partial charge in [-0.3, -0.25) is 0 Å². The second kappa shape index (κ2) is 6.04. The van der Waals surface area contributed by atoms with Gasteiger partial charge in [-0.05, 0) is 41.9 Å². The second-order valence-corrected chi connectivity index (χ2v) is 6.84. The zero-order chi connectivity index (χ0) is 17.5. The Balaban J connectivity index is 1.59. The van der Waals surface area contributed by atoms with E-state index in [0.717, 1.165) is 29.6 Å². The number of nitrogens with zero attached hydrogens (tertiary/aromatic N) is 4. The van der Waals surface area contributed by atoms with E-state index in [1.807, 2.05) is 6.07 Å². The lowest BCUT2D eigenvalue weighted by atomic mass is 9.84. The molecule has 1 unspecified atom stereocenters. The Kier molecular flexibility index (Phi) is 3.53. The van der Waals surface area contributed by atoms with Crippen LogP contribution < -0.4 is 0 Å². The van der Waals surface area contributed by atoms with Crippen LogP contribution in [0, 0.1) is 0 Å². The molecule has 5 rings (SSSR count). The number of hydrogen-bond acceptors (Lipinski definition) is 5. The minimum atomic E-state index is 0.325. The van der Waals surface area contributed by atoms with E-state index >= 15 is 0 Å². The van der Waals surface area contributed by atoms with Crippen molar-refractivity contribution in [2.75, 3.05) is 13.6 Å². The predicted molar refractivity (Wildman–Crippen MR) is 99.7 cm³/mol. The lowest BCUT2D eigenvalue weighted by molar-refractivity contribution is 0.295. The quantitative estimate of drug-likeness (QED) is 0.554. The molecule has 0 bridgehead atoms. The minimum Gasteiger partial charge on any atom is -0.464 e. The molecule has 2 aromatic carbocycles. The third-order valence-electron chi connectivity index (χ3n) is 5.09. The largest absolute Gasteiger partial charge is 0.464 e. The van der Waals surface area contributed by atoms with Crippen LogP contribution in [0.4, 0.5) is 0 Å². The topological polar surface area (TPSA) is 55.1 Å². The van der Waals surface area contributed by atoms with Crippen LogP contribution in [-0.4, -0.2) is 33.4 Å². The number of benzene rings is 2. The summed E-state index contributed by atoms with van der Waals surface area (Å²) in [7, 11) is 2.16. The maximum Gasteiger partial charge on any atom is 0.162 e. The van der Waals surface area contributed by atoms with Crippen LogP contribution in [0.2, 0.25) is 0 Å². The molecule has 4 aromatic rings. The fourth-order valence-corrected chi connectivity index (χ4v) is 3.85. The van der Waals surface area contributed by atoms with Crippen LogP contribution in [-0.2, 0) is 6.54 Å². The van der Waals surface area contributed by atoms with Crippen molar-refractivity contribution in [2.45, 2.75) is 12.5 Å². The highest BCUT2D eigenvalue weighted by Crippen LogP contribution is 2.36. The van der Waals surface area contributed by atoms with Gasteiger partial charge in [-0.25, -0.2) is 15.0 Å². The van der Waals surface area contributed by atoms with Gasteiger partial charge >= 0.3 is 0 Å². The Morgan fingerprint density at radius 1 is 1.04 bits per heavy atom. The van der Waals surface area contributed by atoms with Crippen molar-refractivity contribution in [3.05, 3.63) is 78.1 Å². The monoisotopic (exact) mass is 342 g/mol. The number of fused-ring (bicyclic) bond motifs is 2. The molecule has 0 radical (unpaired) electrons. The Bertz CT molecular complexity index is 1070. The SMILES string of the molecule is CN1Cc2cc(-c3ncncn3)ccc2C(c2ccc3ccoc3c2)C1. The Morgan fingerprint density at radius 2 is 1.92 bits per heavy atom. The van der Waals surface area contributed by atoms with Crippen molar-refractivity contribution in [3.8, 4) is 11.4 Å². The van der Waals surface area contributed by atoms with Gasteiger partial charge in [-0.1, -0.05) is 24.3 Å². The highest BCUT2D eigenvalue weighted by molar-refractivity contribution is 5.78. The van der Waals surface area contributed by atoms with Crippen molar-refractivity contribution < 1.29 is 4.42 Å². The molecule has 3 heterocycles. The average Bonchev–Trinajstić information content (AvgIpc) is 3.15. The van der Waals surface area contributed by atoms with Crippen LogP contribution >= 0.6 is 0 Å². The molecule has 5 heteroatoms. The van der Waals surface area contributed by atoms with Gasteiger partial charge in [0.2, 0.25) is 0 Å². The number of aromatic nitrogens is 3. The molecule has 5 nitrogen and oxygen atoms in total. The van der Waals surface area contributed by atoms with E-state index in [2.05, 4.69) is 63.3 Å². The van der Waals surface area contributed by atoms with Crippen LogP contribution in [0.5, 0.6) is 0 Å². The molecule has 128 valence electrons. The summed E-state index contributed by atoms with van der Waals surface area (Å²) in [5.41, 5.74) is 5.95. The van der Waals surface area contributed by atoms with Gasteiger partial charge in [-0.2, -0.15) is 0 Å². The molecule has 0 fully saturated rings. The summed E-state index contributed by atoms with van der Waals surface area (Å²) in [6, 6.07) is 15.1. The number of hydrogen-bond donors (Lipinski definition) is 0. The van der Waals surface area contributed by atoms with E-state index in [1.165, 1.54) is 29.3 Å². The summed E-state index contributed by atoms with van der Waals surface area (Å²) in [6.45, 7) is 1.91. The van der Waals surface area contributed by atoms with Gasteiger partial charge in [0.25, 0.3) is 0 Å². The van der Waals surface area contributed by atoms with Crippen molar-refractivity contribution in [2.24, 2.45) is 0 Å². The maximum atomic E-state index is 5.61. The Labute approximate surface area is 151 Å². The van der Waals surface area contributed by atoms with Crippen molar-refractivity contribution in [3.63, 3.8) is 0 Å². The third kappa shape index (κ3) is 2.57. The van der Waals surface area contributed by atoms with Gasteiger partial charge in [0.1, 0.15) is 18.2 Å². The zero-order valence-electron chi connectivity index (χ0n) is 14.5. The molecule has 0 spiro atoms. The molecule has 0 aliphatic carbocycles. The van der Waals surface area contributed by atoms with Crippen LogP contribution in [0.25, 0.3) is 22.4 Å². The van der Waals surface area contributed by atoms with E-state index in [0.29, 0.717) is 11.7 Å². The second-order valence-electron chi connectivity index (χ2n) is 6.84. The summed E-state index contributed by atoms with van der Waals surface area (Å²) >= 11 is 0. The molecule has 0 saturated carbocycles. The summed E-state index contributed by atoms with van der Waals surface area (Å²) in [5, 5.41) is 1.14. The van der Waals surface area contributed by atoms with E-state index in [-0.39, 0.29) is 0 Å². The molecule has 0 saturated heterocycles. The molecule has 26 heavy (non-hydrogen) atoms. The van der Waals surface area contributed by atoms with Crippen LogP contribution in [0.15, 0.2) is 65.8 Å². The molecular weight excluding hydrogens is 324 g/mol. The first-order chi connectivity index (χ1) is 12.8. The van der Waals surface area contributed by atoms with E-state index in [1.54, 1.807) is 6.26 Å². The first-order valence-electron chi connectivity index (χ1n) is 8.69. The number of likely N-dealkylation sites (N-methyl/N-ethyl adjacent to an activating group) is 1. The van der Waals surface area contributed by atoms with E-state index in [9.17, 15) is 0 Å². The van der Waals surface area contributed by atoms with Crippen molar-refractivity contribution in [1.82, 2.24) is 19.9 Å². The summed E-state index contributed by atoms with van der Waals surface area (Å²) in [6.07, 6.45) is 4.82. The first kappa shape index (κ1) is 15.2. The molecule has 2 aromatic heterocycles. The zero-order valence-corrected chi connectivity index (χ0v) is 14.5. The predicted octanol–water partition coefficient (Wildman–Crippen LogP) is 3.86. The van der Waals surface area contributed by atoms with Gasteiger partial charge in [0, 0.05) is 30.0 Å². The number of furan rings is 1. The smallest absolute Gasteiger partial charge is 0.162 e. The standard InChI is InChI=1S/C21H18N4O/c1-25-10-17-8-16(21-23-12-22-13-24-21)4-5-18(17)19(11-25)15-3-2-14-6-7-26-20(14)9-15/h2-9,12-13,19H,10-11H2,1H3. The molecule has 0 amide bonds. The van der Waals surface area contributed by atoms with Gasteiger partial charge in [-0.15, -0.1) is 0 Å². The molecule has 1 aliphatic rings. The van der Waals surface area contributed by atoms with Crippen molar-refractivity contribution >= 4 is 11.0 Å². The fourth-order valence-electron chi connectivity index (χ4n) is 3.85. The minimum absolute atomic E-state index is 0.325. The average molecular weight is 342 g/mol. The maximum absolute atomic E-state index is 5.61. The molecule has 1 atom stereocenters. The highest BCUT2D eigenvalue weighted by atomic mass is 16.3. The van der Waals surface area contributed by atoms with E-state index in [4.69, 9.17) is 4.42 Å². The molecule has 0 N–H and O–H groups in total. The first-order valence-corrected chi connectivity index (χ1v) is 8.69. The summed E-state index contributed by atoms with van der Waals surface area (Å²) in [4.78, 5) is 14.8. The third-order valence-corrected chi connectivity index (χ3v) is 5.09. The lowest BCUT2D eigenvalue weighted by Gasteiger charge is -2.33. The van der Waals surface area contributed by atoms with Gasteiger partial charge in [0.15, 0.2) is 5.82 Å². The summed E-state index contributed by atoms with van der Waals surface area (Å²) in [5.74, 6) is 1.04. The van der Waals surface area contributed by atoms with Gasteiger partial charge < -0.3 is 9.32 Å². The van der Waals surface area contributed by atoms with Gasteiger partial charge in [0.05, 0.1) is 6.26 Å².